The van der Waals surface area contributed by atoms with Crippen molar-refractivity contribution in [1.82, 2.24) is 0 Å². The molecule has 2 fully saturated rings. The first-order valence-corrected chi connectivity index (χ1v) is 14.2. The van der Waals surface area contributed by atoms with Gasteiger partial charge in [-0.2, -0.15) is 0 Å². The highest BCUT2D eigenvalue weighted by Crippen LogP contribution is 2.40. The Morgan fingerprint density at radius 1 is 0.972 bits per heavy atom. The molecule has 1 saturated carbocycles. The zero-order valence-corrected chi connectivity index (χ0v) is 21.5. The molecule has 1 atom stereocenters. The smallest absolute Gasteiger partial charge is 0.414 e. The minimum Gasteiger partial charge on any atom is -0.446 e. The van der Waals surface area contributed by atoms with Gasteiger partial charge in [-0.3, -0.25) is 9.69 Å². The molecule has 2 heterocycles. The summed E-state index contributed by atoms with van der Waals surface area (Å²) in [6.07, 6.45) is 2.67. The third kappa shape index (κ3) is 5.13. The van der Waals surface area contributed by atoms with Crippen LogP contribution in [0.2, 0.25) is 0 Å². The van der Waals surface area contributed by atoms with Crippen LogP contribution in [-0.2, 0) is 24.1 Å². The van der Waals surface area contributed by atoms with Crippen LogP contribution in [-0.4, -0.2) is 58.1 Å². The molecule has 0 bridgehead atoms. The minimum atomic E-state index is -3.29. The number of amides is 2. The van der Waals surface area contributed by atoms with Crippen molar-refractivity contribution in [2.45, 2.75) is 56.6 Å². The molecule has 0 radical (unpaired) electrons. The minimum absolute atomic E-state index is 0.0980. The number of fused-ring (bicyclic) bond motifs is 1. The van der Waals surface area contributed by atoms with Gasteiger partial charge in [0.25, 0.3) is 0 Å². The number of carbonyl (C=O) groups is 2. The molecule has 2 aromatic rings. The number of nitrogens with zero attached hydrogens (tertiary/aromatic N) is 2. The summed E-state index contributed by atoms with van der Waals surface area (Å²) in [5.41, 5.74) is 2.90. The Balaban J connectivity index is 1.45. The number of hydrogen-bond donors (Lipinski definition) is 0. The van der Waals surface area contributed by atoms with Gasteiger partial charge in [-0.1, -0.05) is 18.2 Å². The first-order valence-electron chi connectivity index (χ1n) is 12.6. The van der Waals surface area contributed by atoms with Crippen LogP contribution in [0.3, 0.4) is 0 Å². The maximum absolute atomic E-state index is 13.2. The molecule has 2 aliphatic heterocycles. The van der Waals surface area contributed by atoms with E-state index in [9.17, 15) is 18.0 Å². The van der Waals surface area contributed by atoms with Gasteiger partial charge >= 0.3 is 6.09 Å². The molecular formula is C27H32N2O6S. The maximum Gasteiger partial charge on any atom is 0.414 e. The topological polar surface area (TPSA) is 93.2 Å². The van der Waals surface area contributed by atoms with E-state index in [-0.39, 0.29) is 29.7 Å². The van der Waals surface area contributed by atoms with Gasteiger partial charge in [0.15, 0.2) is 9.84 Å². The molecule has 36 heavy (non-hydrogen) atoms. The summed E-state index contributed by atoms with van der Waals surface area (Å²) >= 11 is 0. The van der Waals surface area contributed by atoms with Gasteiger partial charge in [0.2, 0.25) is 5.91 Å². The molecule has 192 valence electrons. The first-order chi connectivity index (χ1) is 17.2. The monoisotopic (exact) mass is 512 g/mol. The van der Waals surface area contributed by atoms with Gasteiger partial charge in [0, 0.05) is 26.3 Å². The summed E-state index contributed by atoms with van der Waals surface area (Å²) in [4.78, 5) is 29.3. The van der Waals surface area contributed by atoms with Crippen molar-refractivity contribution in [1.29, 1.82) is 0 Å². The third-order valence-corrected chi connectivity index (χ3v) is 9.01. The Morgan fingerprint density at radius 3 is 2.28 bits per heavy atom. The van der Waals surface area contributed by atoms with Crippen molar-refractivity contribution in [2.24, 2.45) is 5.92 Å². The molecule has 9 heteroatoms. The van der Waals surface area contributed by atoms with Gasteiger partial charge in [-0.15, -0.1) is 0 Å². The average Bonchev–Trinajstić information content (AvgIpc) is 3.67. The Morgan fingerprint density at radius 2 is 1.64 bits per heavy atom. The maximum atomic E-state index is 13.2. The van der Waals surface area contributed by atoms with E-state index in [1.165, 1.54) is 6.92 Å². The number of anilines is 2. The van der Waals surface area contributed by atoms with Crippen molar-refractivity contribution in [3.63, 3.8) is 0 Å². The highest BCUT2D eigenvalue weighted by atomic mass is 32.2. The molecule has 0 spiro atoms. The molecule has 0 aromatic heterocycles. The number of hydrogen-bond acceptors (Lipinski definition) is 6. The van der Waals surface area contributed by atoms with Crippen LogP contribution in [0.5, 0.6) is 0 Å². The Bertz CT molecular complexity index is 1250. The summed E-state index contributed by atoms with van der Waals surface area (Å²) in [6, 6.07) is 12.3. The van der Waals surface area contributed by atoms with E-state index >= 15 is 0 Å². The highest BCUT2D eigenvalue weighted by molar-refractivity contribution is 7.91. The van der Waals surface area contributed by atoms with Crippen LogP contribution in [0.15, 0.2) is 47.4 Å². The van der Waals surface area contributed by atoms with Crippen LogP contribution >= 0.6 is 0 Å². The van der Waals surface area contributed by atoms with Crippen LogP contribution in [0, 0.1) is 5.92 Å². The third-order valence-electron chi connectivity index (χ3n) is 7.11. The van der Waals surface area contributed by atoms with Gasteiger partial charge in [0.1, 0.15) is 6.10 Å². The predicted molar refractivity (Wildman–Crippen MR) is 137 cm³/mol. The second-order valence-electron chi connectivity index (χ2n) is 10.00. The Kier molecular flexibility index (Phi) is 6.78. The van der Waals surface area contributed by atoms with Crippen molar-refractivity contribution < 1.29 is 27.5 Å². The summed E-state index contributed by atoms with van der Waals surface area (Å²) in [7, 11) is -3.29. The van der Waals surface area contributed by atoms with Crippen molar-refractivity contribution >= 4 is 33.2 Å². The molecule has 3 aliphatic rings. The van der Waals surface area contributed by atoms with Crippen molar-refractivity contribution in [3.05, 3.63) is 42.5 Å². The van der Waals surface area contributed by atoms with E-state index < -0.39 is 15.9 Å². The molecule has 1 aliphatic carbocycles. The van der Waals surface area contributed by atoms with Crippen LogP contribution in [0.1, 0.15) is 39.5 Å². The van der Waals surface area contributed by atoms with E-state index in [0.717, 1.165) is 24.0 Å². The van der Waals surface area contributed by atoms with Crippen LogP contribution in [0.25, 0.3) is 11.1 Å². The van der Waals surface area contributed by atoms with Crippen LogP contribution in [0.4, 0.5) is 16.2 Å². The lowest BCUT2D eigenvalue weighted by Crippen LogP contribution is -2.52. The van der Waals surface area contributed by atoms with Crippen molar-refractivity contribution in [2.75, 3.05) is 35.3 Å². The van der Waals surface area contributed by atoms with Gasteiger partial charge in [-0.05, 0) is 61.1 Å². The van der Waals surface area contributed by atoms with E-state index in [1.807, 2.05) is 25.1 Å². The molecule has 1 unspecified atom stereocenters. The van der Waals surface area contributed by atoms with Gasteiger partial charge in [0.05, 0.1) is 41.3 Å². The van der Waals surface area contributed by atoms with Gasteiger partial charge < -0.3 is 14.4 Å². The number of ether oxygens (including phenoxy) is 2. The second kappa shape index (κ2) is 9.86. The number of sulfone groups is 1. The predicted octanol–water partition coefficient (Wildman–Crippen LogP) is 4.41. The quantitative estimate of drug-likeness (QED) is 0.589. The second-order valence-corrected chi connectivity index (χ2v) is 12.0. The van der Waals surface area contributed by atoms with E-state index in [2.05, 4.69) is 0 Å². The van der Waals surface area contributed by atoms with E-state index in [1.54, 1.807) is 34.1 Å². The number of benzene rings is 2. The molecule has 1 saturated heterocycles. The lowest BCUT2D eigenvalue weighted by molar-refractivity contribution is -0.117. The molecule has 2 aromatic carbocycles. The lowest BCUT2D eigenvalue weighted by atomic mass is 10.0. The van der Waals surface area contributed by atoms with Gasteiger partial charge in [-0.25, -0.2) is 13.2 Å². The molecule has 2 amide bonds. The fraction of sp³-hybridized carbons (Fsp3) is 0.481. The normalized spacial score (nSPS) is 20.7. The molecule has 5 rings (SSSR count). The zero-order chi connectivity index (χ0) is 25.4. The highest BCUT2D eigenvalue weighted by Gasteiger charge is 2.36. The average molecular weight is 513 g/mol. The lowest BCUT2D eigenvalue weighted by Gasteiger charge is -2.41. The number of rotatable bonds is 5. The van der Waals surface area contributed by atoms with Crippen molar-refractivity contribution in [3.8, 4) is 11.1 Å². The van der Waals surface area contributed by atoms with E-state index in [0.29, 0.717) is 48.9 Å². The number of carbonyl (C=O) groups excluding carboxylic acids is 2. The summed E-state index contributed by atoms with van der Waals surface area (Å²) in [5.74, 6) is 0.391. The Labute approximate surface area is 212 Å². The molecular weight excluding hydrogens is 480 g/mol. The first kappa shape index (κ1) is 24.8. The standard InChI is InChI=1S/C27H32N2O6S/c1-18-16-28(27(31)35-23-11-13-34-14-12-23)26-15-22(7-10-25(26)29(18)19(2)30)21-5-8-24(9-6-21)36(32,33)17-20-3-4-20/h5-10,15,18,20,23H,3-4,11-14,16-17H2,1-2H3. The van der Waals surface area contributed by atoms with E-state index in [4.69, 9.17) is 9.47 Å². The largest absolute Gasteiger partial charge is 0.446 e. The summed E-state index contributed by atoms with van der Waals surface area (Å²) in [6.45, 7) is 4.88. The summed E-state index contributed by atoms with van der Waals surface area (Å²) < 4.78 is 36.4. The molecule has 0 N–H and O–H groups in total. The Hall–Kier alpha value is -2.91. The van der Waals surface area contributed by atoms with Crippen LogP contribution < -0.4 is 9.80 Å². The summed E-state index contributed by atoms with van der Waals surface area (Å²) in [5, 5.41) is 0. The zero-order valence-electron chi connectivity index (χ0n) is 20.7. The molecule has 8 nitrogen and oxygen atoms in total. The fourth-order valence-electron chi connectivity index (χ4n) is 5.00. The fourth-order valence-corrected chi connectivity index (χ4v) is 6.70. The SMILES string of the molecule is CC(=O)N1c2ccc(-c3ccc(S(=O)(=O)CC4CC4)cc3)cc2N(C(=O)OC2CCOCC2)CC1C.